The van der Waals surface area contributed by atoms with Crippen LogP contribution in [0.1, 0.15) is 48.5 Å². The maximum Gasteiger partial charge on any atom is 0.286 e. The highest BCUT2D eigenvalue weighted by Gasteiger charge is 2.11. The largest absolute Gasteiger partial charge is 0.492 e. The van der Waals surface area contributed by atoms with Gasteiger partial charge >= 0.3 is 0 Å². The lowest BCUT2D eigenvalue weighted by Crippen LogP contribution is -2.23. The van der Waals surface area contributed by atoms with E-state index < -0.39 is 0 Å². The molecule has 0 bridgehead atoms. The molecule has 2 aromatic carbocycles. The van der Waals surface area contributed by atoms with E-state index in [4.69, 9.17) is 25.7 Å². The maximum absolute atomic E-state index is 11.9. The summed E-state index contributed by atoms with van der Waals surface area (Å²) in [6.45, 7) is 2.18. The van der Waals surface area contributed by atoms with Gasteiger partial charge in [-0.05, 0) is 62.1 Å². The van der Waals surface area contributed by atoms with E-state index in [0.717, 1.165) is 62.2 Å². The number of fused-ring (bicyclic) bond motifs is 1. The summed E-state index contributed by atoms with van der Waals surface area (Å²) in [5, 5.41) is 3.54. The maximum atomic E-state index is 11.9. The number of benzene rings is 2. The van der Waals surface area contributed by atoms with Gasteiger partial charge in [0.2, 0.25) is 0 Å². The van der Waals surface area contributed by atoms with Crippen LogP contribution in [0.25, 0.3) is 11.0 Å². The van der Waals surface area contributed by atoms with Gasteiger partial charge in [-0.3, -0.25) is 4.79 Å². The van der Waals surface area contributed by atoms with Crippen molar-refractivity contribution in [3.8, 4) is 5.75 Å². The van der Waals surface area contributed by atoms with Gasteiger partial charge in [0.25, 0.3) is 5.91 Å². The first-order valence-corrected chi connectivity index (χ1v) is 12.2. The van der Waals surface area contributed by atoms with Crippen molar-refractivity contribution in [2.45, 2.75) is 45.1 Å². The molecular formula is C27H30ClN3O3. The number of unbranched alkanes of at least 4 members (excludes halogenated alkanes) is 3. The molecule has 0 aliphatic carbocycles. The molecule has 0 fully saturated rings. The first-order valence-electron chi connectivity index (χ1n) is 11.9. The minimum atomic E-state index is -0.162. The molecule has 0 spiro atoms. The second-order valence-corrected chi connectivity index (χ2v) is 8.61. The Hall–Kier alpha value is -3.25. The number of carbonyl (C=O) groups is 1. The van der Waals surface area contributed by atoms with E-state index >= 15 is 0 Å². The molecule has 0 unspecified atom stereocenters. The van der Waals surface area contributed by atoms with Crippen molar-refractivity contribution in [3.05, 3.63) is 83.5 Å². The Morgan fingerprint density at radius 2 is 1.82 bits per heavy atom. The molecule has 7 heteroatoms. The van der Waals surface area contributed by atoms with Crippen LogP contribution in [0.4, 0.5) is 0 Å². The predicted molar refractivity (Wildman–Crippen MR) is 135 cm³/mol. The van der Waals surface area contributed by atoms with Gasteiger partial charge in [-0.15, -0.1) is 0 Å². The number of aromatic nitrogens is 2. The summed E-state index contributed by atoms with van der Waals surface area (Å²) in [5.41, 5.74) is 2.21. The number of nitrogens with zero attached hydrogens (tertiary/aromatic N) is 2. The highest BCUT2D eigenvalue weighted by atomic mass is 35.5. The zero-order valence-electron chi connectivity index (χ0n) is 19.2. The predicted octanol–water partition coefficient (Wildman–Crippen LogP) is 6.28. The summed E-state index contributed by atoms with van der Waals surface area (Å²) in [6.07, 6.45) is 7.32. The number of halogens is 1. The molecular weight excluding hydrogens is 450 g/mol. The van der Waals surface area contributed by atoms with Crippen molar-refractivity contribution in [1.29, 1.82) is 0 Å². The molecule has 178 valence electrons. The zero-order chi connectivity index (χ0) is 23.6. The first-order chi connectivity index (χ1) is 16.7. The highest BCUT2D eigenvalue weighted by Crippen LogP contribution is 2.23. The quantitative estimate of drug-likeness (QED) is 0.229. The van der Waals surface area contributed by atoms with E-state index in [2.05, 4.69) is 28.1 Å². The summed E-state index contributed by atoms with van der Waals surface area (Å²) in [6, 6.07) is 19.2. The average Bonchev–Trinajstić information content (AvgIpc) is 3.51. The van der Waals surface area contributed by atoms with E-state index in [9.17, 15) is 4.79 Å². The van der Waals surface area contributed by atoms with Crippen LogP contribution in [0, 0.1) is 0 Å². The highest BCUT2D eigenvalue weighted by molar-refractivity contribution is 6.32. The Labute approximate surface area is 204 Å². The van der Waals surface area contributed by atoms with Gasteiger partial charge < -0.3 is 19.0 Å². The minimum absolute atomic E-state index is 0.162. The van der Waals surface area contributed by atoms with Gasteiger partial charge in [-0.2, -0.15) is 0 Å². The van der Waals surface area contributed by atoms with Gasteiger partial charge in [-0.1, -0.05) is 42.3 Å². The first kappa shape index (κ1) is 23.9. The molecule has 0 saturated carbocycles. The second-order valence-electron chi connectivity index (χ2n) is 8.20. The second kappa shape index (κ2) is 12.3. The molecule has 2 heterocycles. The minimum Gasteiger partial charge on any atom is -0.492 e. The zero-order valence-corrected chi connectivity index (χ0v) is 20.0. The number of nitrogens with one attached hydrogen (secondary N) is 1. The lowest BCUT2D eigenvalue weighted by Gasteiger charge is -2.11. The summed E-state index contributed by atoms with van der Waals surface area (Å²) in [5.74, 6) is 2.04. The molecule has 1 amide bonds. The number of ether oxygens (including phenoxy) is 1. The van der Waals surface area contributed by atoms with Crippen molar-refractivity contribution in [2.24, 2.45) is 0 Å². The number of furan rings is 1. The van der Waals surface area contributed by atoms with E-state index in [-0.39, 0.29) is 5.91 Å². The number of amides is 1. The number of imidazole rings is 1. The molecule has 2 aromatic heterocycles. The van der Waals surface area contributed by atoms with Crippen molar-refractivity contribution in [3.63, 3.8) is 0 Å². The molecule has 0 radical (unpaired) electrons. The molecule has 0 atom stereocenters. The summed E-state index contributed by atoms with van der Waals surface area (Å²) in [4.78, 5) is 16.8. The van der Waals surface area contributed by atoms with E-state index in [1.807, 2.05) is 30.3 Å². The summed E-state index contributed by atoms with van der Waals surface area (Å²) < 4.78 is 13.3. The Morgan fingerprint density at radius 3 is 2.68 bits per heavy atom. The number of hydrogen-bond donors (Lipinski definition) is 1. The van der Waals surface area contributed by atoms with E-state index in [1.54, 1.807) is 12.1 Å². The number of para-hydroxylation sites is 3. The molecule has 0 aliphatic rings. The molecule has 0 saturated heterocycles. The molecule has 4 aromatic rings. The van der Waals surface area contributed by atoms with Crippen molar-refractivity contribution in [1.82, 2.24) is 14.9 Å². The van der Waals surface area contributed by atoms with Gasteiger partial charge in [0.15, 0.2) is 5.76 Å². The van der Waals surface area contributed by atoms with Crippen molar-refractivity contribution < 1.29 is 13.9 Å². The lowest BCUT2D eigenvalue weighted by molar-refractivity contribution is 0.0925. The SMILES string of the molecule is O=C(NCCCCCc1nc2ccccc2n1CCCCOc1ccccc1Cl)c1ccco1. The molecule has 4 rings (SSSR count). The van der Waals surface area contributed by atoms with Gasteiger partial charge in [0, 0.05) is 19.5 Å². The fraction of sp³-hybridized carbons (Fsp3) is 0.333. The summed E-state index contributed by atoms with van der Waals surface area (Å²) >= 11 is 6.16. The molecule has 34 heavy (non-hydrogen) atoms. The standard InChI is InChI=1S/C27H30ClN3O3/c28-21-11-3-6-14-24(21)33-19-9-8-18-31-23-13-5-4-12-22(23)30-26(31)16-2-1-7-17-29-27(32)25-15-10-20-34-25/h3-6,10-15,20H,1-2,7-9,16-19H2,(H,29,32). The van der Waals surface area contributed by atoms with Crippen LogP contribution in [-0.2, 0) is 13.0 Å². The molecule has 1 N–H and O–H groups in total. The Bertz CT molecular complexity index is 1190. The van der Waals surface area contributed by atoms with Crippen LogP contribution in [-0.4, -0.2) is 28.6 Å². The van der Waals surface area contributed by atoms with Crippen LogP contribution in [0.2, 0.25) is 5.02 Å². The van der Waals surface area contributed by atoms with E-state index in [0.29, 0.717) is 23.9 Å². The number of rotatable bonds is 13. The fourth-order valence-electron chi connectivity index (χ4n) is 3.96. The smallest absolute Gasteiger partial charge is 0.286 e. The lowest BCUT2D eigenvalue weighted by atomic mass is 10.2. The normalized spacial score (nSPS) is 11.1. The third-order valence-corrected chi connectivity index (χ3v) is 6.02. The van der Waals surface area contributed by atoms with Crippen LogP contribution in [0.15, 0.2) is 71.3 Å². The number of hydrogen-bond acceptors (Lipinski definition) is 4. The topological polar surface area (TPSA) is 69.3 Å². The number of carbonyl (C=O) groups excluding carboxylic acids is 1. The van der Waals surface area contributed by atoms with Crippen LogP contribution in [0.3, 0.4) is 0 Å². The molecule has 6 nitrogen and oxygen atoms in total. The summed E-state index contributed by atoms with van der Waals surface area (Å²) in [7, 11) is 0. The number of aryl methyl sites for hydroxylation is 2. The van der Waals surface area contributed by atoms with Gasteiger partial charge in [-0.25, -0.2) is 4.98 Å². The monoisotopic (exact) mass is 479 g/mol. The third-order valence-electron chi connectivity index (χ3n) is 5.71. The van der Waals surface area contributed by atoms with E-state index in [1.165, 1.54) is 11.8 Å². The fourth-order valence-corrected chi connectivity index (χ4v) is 4.15. The van der Waals surface area contributed by atoms with Gasteiger partial charge in [0.1, 0.15) is 11.6 Å². The third kappa shape index (κ3) is 6.41. The van der Waals surface area contributed by atoms with Crippen molar-refractivity contribution in [2.75, 3.05) is 13.2 Å². The Morgan fingerprint density at radius 1 is 0.971 bits per heavy atom. The van der Waals surface area contributed by atoms with Crippen molar-refractivity contribution >= 4 is 28.5 Å². The van der Waals surface area contributed by atoms with Gasteiger partial charge in [0.05, 0.1) is 28.9 Å². The molecule has 0 aliphatic heterocycles. The Balaban J connectivity index is 1.23. The average molecular weight is 480 g/mol. The van der Waals surface area contributed by atoms with Crippen LogP contribution < -0.4 is 10.1 Å². The Kier molecular flexibility index (Phi) is 8.63. The van der Waals surface area contributed by atoms with Crippen LogP contribution >= 0.6 is 11.6 Å². The van der Waals surface area contributed by atoms with Crippen LogP contribution in [0.5, 0.6) is 5.75 Å².